The van der Waals surface area contributed by atoms with Gasteiger partial charge in [0.05, 0.1) is 19.9 Å². The van der Waals surface area contributed by atoms with Gasteiger partial charge in [0.25, 0.3) is 0 Å². The fourth-order valence-corrected chi connectivity index (χ4v) is 1.40. The molecule has 16 heavy (non-hydrogen) atoms. The molecular weight excluding hydrogens is 230 g/mol. The van der Waals surface area contributed by atoms with E-state index in [1.165, 1.54) is 4.90 Å². The highest BCUT2D eigenvalue weighted by molar-refractivity contribution is 6.29. The van der Waals surface area contributed by atoms with E-state index in [4.69, 9.17) is 21.1 Å². The molecule has 0 spiro atoms. The fourth-order valence-electron chi connectivity index (χ4n) is 1.22. The van der Waals surface area contributed by atoms with Crippen LogP contribution < -0.4 is 14.4 Å². The SMILES string of the molecule is COc1cc(OC)cc(N(C)C(=O)CCl)c1. The van der Waals surface area contributed by atoms with Gasteiger partial charge in [-0.25, -0.2) is 0 Å². The molecule has 0 unspecified atom stereocenters. The van der Waals surface area contributed by atoms with Gasteiger partial charge in [-0.05, 0) is 0 Å². The molecule has 5 heteroatoms. The van der Waals surface area contributed by atoms with Crippen molar-refractivity contribution in [3.05, 3.63) is 18.2 Å². The smallest absolute Gasteiger partial charge is 0.241 e. The summed E-state index contributed by atoms with van der Waals surface area (Å²) in [6.07, 6.45) is 0. The summed E-state index contributed by atoms with van der Waals surface area (Å²) in [5.74, 6) is 1.01. The van der Waals surface area contributed by atoms with Crippen LogP contribution in [0.4, 0.5) is 5.69 Å². The van der Waals surface area contributed by atoms with Crippen molar-refractivity contribution < 1.29 is 14.3 Å². The topological polar surface area (TPSA) is 38.8 Å². The van der Waals surface area contributed by atoms with Gasteiger partial charge >= 0.3 is 0 Å². The minimum absolute atomic E-state index is 0.0595. The molecule has 1 aromatic carbocycles. The Bertz CT molecular complexity index is 359. The number of nitrogens with zero attached hydrogens (tertiary/aromatic N) is 1. The molecular formula is C11H14ClNO3. The van der Waals surface area contributed by atoms with Crippen LogP contribution >= 0.6 is 11.6 Å². The molecule has 1 aromatic rings. The quantitative estimate of drug-likeness (QED) is 0.759. The first-order valence-corrected chi connectivity index (χ1v) is 5.21. The summed E-state index contributed by atoms with van der Waals surface area (Å²) < 4.78 is 10.2. The van der Waals surface area contributed by atoms with E-state index in [1.54, 1.807) is 39.5 Å². The Morgan fingerprint density at radius 2 is 1.75 bits per heavy atom. The molecule has 0 aliphatic heterocycles. The van der Waals surface area contributed by atoms with Gasteiger partial charge in [-0.3, -0.25) is 4.79 Å². The lowest BCUT2D eigenvalue weighted by molar-refractivity contribution is -0.116. The second kappa shape index (κ2) is 5.61. The second-order valence-electron chi connectivity index (χ2n) is 3.16. The Balaban J connectivity index is 3.07. The van der Waals surface area contributed by atoms with Crippen LogP contribution in [-0.2, 0) is 4.79 Å². The maximum absolute atomic E-state index is 11.4. The molecule has 1 rings (SSSR count). The van der Waals surface area contributed by atoms with E-state index in [1.807, 2.05) is 0 Å². The molecule has 0 fully saturated rings. The number of ether oxygens (including phenoxy) is 2. The van der Waals surface area contributed by atoms with Gasteiger partial charge in [0, 0.05) is 25.2 Å². The summed E-state index contributed by atoms with van der Waals surface area (Å²) in [5, 5.41) is 0. The fraction of sp³-hybridized carbons (Fsp3) is 0.364. The van der Waals surface area contributed by atoms with Crippen LogP contribution in [0.1, 0.15) is 0 Å². The van der Waals surface area contributed by atoms with Gasteiger partial charge in [-0.15, -0.1) is 11.6 Å². The van der Waals surface area contributed by atoms with Crippen molar-refractivity contribution in [2.45, 2.75) is 0 Å². The number of anilines is 1. The van der Waals surface area contributed by atoms with E-state index in [0.29, 0.717) is 17.2 Å². The highest BCUT2D eigenvalue weighted by Crippen LogP contribution is 2.27. The zero-order valence-corrected chi connectivity index (χ0v) is 10.2. The molecule has 0 atom stereocenters. The van der Waals surface area contributed by atoms with Gasteiger partial charge in [0.2, 0.25) is 5.91 Å². The lowest BCUT2D eigenvalue weighted by Gasteiger charge is -2.17. The van der Waals surface area contributed by atoms with Crippen LogP contribution in [0.3, 0.4) is 0 Å². The van der Waals surface area contributed by atoms with Crippen LogP contribution in [0.2, 0.25) is 0 Å². The summed E-state index contributed by atoms with van der Waals surface area (Å²) in [5.41, 5.74) is 0.682. The van der Waals surface area contributed by atoms with E-state index in [0.717, 1.165) is 0 Å². The first-order valence-electron chi connectivity index (χ1n) is 4.68. The number of methoxy groups -OCH3 is 2. The van der Waals surface area contributed by atoms with E-state index < -0.39 is 0 Å². The first kappa shape index (κ1) is 12.6. The maximum atomic E-state index is 11.4. The van der Waals surface area contributed by atoms with Crippen molar-refractivity contribution in [2.24, 2.45) is 0 Å². The molecule has 0 aliphatic rings. The summed E-state index contributed by atoms with van der Waals surface area (Å²) in [6, 6.07) is 5.22. The molecule has 0 saturated carbocycles. The van der Waals surface area contributed by atoms with Gasteiger partial charge in [0.1, 0.15) is 17.4 Å². The zero-order valence-electron chi connectivity index (χ0n) is 9.49. The minimum atomic E-state index is -0.183. The van der Waals surface area contributed by atoms with Crippen LogP contribution in [-0.4, -0.2) is 33.1 Å². The predicted molar refractivity (Wildman–Crippen MR) is 63.7 cm³/mol. The highest BCUT2D eigenvalue weighted by atomic mass is 35.5. The third-order valence-electron chi connectivity index (χ3n) is 2.21. The number of alkyl halides is 1. The Morgan fingerprint density at radius 1 is 1.25 bits per heavy atom. The number of carbonyl (C=O) groups excluding carboxylic acids is 1. The van der Waals surface area contributed by atoms with E-state index in [2.05, 4.69) is 0 Å². The molecule has 4 nitrogen and oxygen atoms in total. The largest absolute Gasteiger partial charge is 0.497 e. The highest BCUT2D eigenvalue weighted by Gasteiger charge is 2.11. The zero-order chi connectivity index (χ0) is 12.1. The lowest BCUT2D eigenvalue weighted by Crippen LogP contribution is -2.27. The summed E-state index contributed by atoms with van der Waals surface area (Å²) in [7, 11) is 4.77. The standard InChI is InChI=1S/C11H14ClNO3/c1-13(11(14)7-12)8-4-9(15-2)6-10(5-8)16-3/h4-6H,7H2,1-3H3. The molecule has 0 aromatic heterocycles. The number of halogens is 1. The monoisotopic (exact) mass is 243 g/mol. The van der Waals surface area contributed by atoms with Crippen molar-refractivity contribution in [1.29, 1.82) is 0 Å². The van der Waals surface area contributed by atoms with Crippen molar-refractivity contribution in [2.75, 3.05) is 32.0 Å². The number of carbonyl (C=O) groups is 1. The number of benzene rings is 1. The average Bonchev–Trinajstić information content (AvgIpc) is 2.35. The Kier molecular flexibility index (Phi) is 4.43. The normalized spacial score (nSPS) is 9.75. The molecule has 1 amide bonds. The lowest BCUT2D eigenvalue weighted by atomic mass is 10.2. The second-order valence-corrected chi connectivity index (χ2v) is 3.42. The number of hydrogen-bond acceptors (Lipinski definition) is 3. The Morgan fingerprint density at radius 3 is 2.12 bits per heavy atom. The summed E-state index contributed by atoms with van der Waals surface area (Å²) in [6.45, 7) is 0. The van der Waals surface area contributed by atoms with Crippen LogP contribution in [0.15, 0.2) is 18.2 Å². The molecule has 0 bridgehead atoms. The van der Waals surface area contributed by atoms with Gasteiger partial charge < -0.3 is 14.4 Å². The third-order valence-corrected chi connectivity index (χ3v) is 2.44. The Hall–Kier alpha value is -1.42. The number of amides is 1. The minimum Gasteiger partial charge on any atom is -0.497 e. The molecule has 0 heterocycles. The van der Waals surface area contributed by atoms with Crippen molar-refractivity contribution in [1.82, 2.24) is 0 Å². The summed E-state index contributed by atoms with van der Waals surface area (Å²) >= 11 is 5.49. The third kappa shape index (κ3) is 2.79. The van der Waals surface area contributed by atoms with Gasteiger partial charge in [0.15, 0.2) is 0 Å². The molecule has 0 radical (unpaired) electrons. The van der Waals surface area contributed by atoms with Crippen LogP contribution in [0, 0.1) is 0 Å². The Labute approximate surface area is 99.7 Å². The van der Waals surface area contributed by atoms with Crippen LogP contribution in [0.25, 0.3) is 0 Å². The first-order chi connectivity index (χ1) is 7.62. The molecule has 88 valence electrons. The number of hydrogen-bond donors (Lipinski definition) is 0. The van der Waals surface area contributed by atoms with Crippen molar-refractivity contribution in [3.8, 4) is 11.5 Å². The van der Waals surface area contributed by atoms with Crippen molar-refractivity contribution in [3.63, 3.8) is 0 Å². The van der Waals surface area contributed by atoms with E-state index >= 15 is 0 Å². The predicted octanol–water partition coefficient (Wildman–Crippen LogP) is 1.91. The van der Waals surface area contributed by atoms with Crippen LogP contribution in [0.5, 0.6) is 11.5 Å². The van der Waals surface area contributed by atoms with Crippen molar-refractivity contribution >= 4 is 23.2 Å². The average molecular weight is 244 g/mol. The van der Waals surface area contributed by atoms with E-state index in [-0.39, 0.29) is 11.8 Å². The molecule has 0 aliphatic carbocycles. The molecule has 0 N–H and O–H groups in total. The maximum Gasteiger partial charge on any atom is 0.241 e. The number of rotatable bonds is 4. The van der Waals surface area contributed by atoms with E-state index in [9.17, 15) is 4.79 Å². The van der Waals surface area contributed by atoms with Gasteiger partial charge in [-0.1, -0.05) is 0 Å². The summed E-state index contributed by atoms with van der Waals surface area (Å²) in [4.78, 5) is 12.9. The molecule has 0 saturated heterocycles. The van der Waals surface area contributed by atoms with Gasteiger partial charge in [-0.2, -0.15) is 0 Å².